The monoisotopic (exact) mass is 1590 g/mol. The fraction of sp³-hybridized carbons (Fsp3) is 0.479. The number of hydrogen-bond acceptors (Lipinski definition) is 28. The molecule has 8 aliphatic rings. The van der Waals surface area contributed by atoms with Gasteiger partial charge in [-0.15, -0.1) is 0 Å². The van der Waals surface area contributed by atoms with E-state index in [0.29, 0.717) is 0 Å². The smallest absolute Gasteiger partial charge is 0.330 e. The van der Waals surface area contributed by atoms with Gasteiger partial charge in [0.1, 0.15) is 89.5 Å². The summed E-state index contributed by atoms with van der Waals surface area (Å²) in [5, 5.41) is 131. The van der Waals surface area contributed by atoms with Crippen molar-refractivity contribution in [3.05, 3.63) is 117 Å². The fourth-order valence-corrected chi connectivity index (χ4v) is 14.7. The molecule has 600 valence electrons. The molecule has 23 N–H and O–H groups in total. The molecule has 36 nitrogen and oxygen atoms in total. The van der Waals surface area contributed by atoms with Gasteiger partial charge in [0, 0.05) is 46.7 Å². The Morgan fingerprint density at radius 2 is 1.23 bits per heavy atom. The third-order valence-electron chi connectivity index (χ3n) is 20.1. The summed E-state index contributed by atoms with van der Waals surface area (Å²) in [6.45, 7) is 8.58. The van der Waals surface area contributed by atoms with Crippen molar-refractivity contribution in [1.29, 1.82) is 0 Å². The van der Waals surface area contributed by atoms with Gasteiger partial charge in [-0.25, -0.2) is 4.79 Å². The molecule has 7 amide bonds. The molecule has 3 fully saturated rings. The maximum Gasteiger partial charge on any atom is 0.330 e. The molecule has 0 spiro atoms. The van der Waals surface area contributed by atoms with Gasteiger partial charge in [0.15, 0.2) is 36.2 Å². The van der Waals surface area contributed by atoms with Crippen LogP contribution in [0, 0.1) is 5.92 Å². The van der Waals surface area contributed by atoms with Crippen molar-refractivity contribution in [2.75, 3.05) is 13.7 Å². The van der Waals surface area contributed by atoms with E-state index in [1.54, 1.807) is 0 Å². The lowest BCUT2D eigenvalue weighted by molar-refractivity contribution is -0.333. The lowest BCUT2D eigenvalue weighted by atomic mass is 9.86. The largest absolute Gasteiger partial charge is 0.508 e. The molecular formula is C73H88Cl2N10O26. The highest BCUT2D eigenvalue weighted by Gasteiger charge is 2.52. The Balaban J connectivity index is 1.19. The normalized spacial score (nSPS) is 32.1. The minimum Gasteiger partial charge on any atom is -0.508 e. The number of primary amides is 1. The number of nitrogens with one attached hydrogen (secondary N) is 7. The highest BCUT2D eigenvalue weighted by atomic mass is 35.5. The van der Waals surface area contributed by atoms with E-state index in [9.17, 15) is 70.2 Å². The van der Waals surface area contributed by atoms with Crippen molar-refractivity contribution in [3.8, 4) is 57.1 Å². The molecule has 8 heterocycles. The number of ether oxygens (including phenoxy) is 8. The molecule has 13 rings (SSSR count). The van der Waals surface area contributed by atoms with Crippen LogP contribution in [0.4, 0.5) is 0 Å². The number of amides is 7. The van der Waals surface area contributed by atoms with Gasteiger partial charge >= 0.3 is 5.97 Å². The number of carboxylic acid groups (broad SMARTS) is 1. The zero-order chi connectivity index (χ0) is 80.9. The summed E-state index contributed by atoms with van der Waals surface area (Å²) in [6.07, 6.45) is -22.8. The second kappa shape index (κ2) is 33.2. The van der Waals surface area contributed by atoms with Crippen LogP contribution in [0.25, 0.3) is 11.1 Å². The summed E-state index contributed by atoms with van der Waals surface area (Å²) in [5.74, 6) is -16.1. The van der Waals surface area contributed by atoms with Gasteiger partial charge in [-0.2, -0.15) is 0 Å². The molecule has 0 unspecified atom stereocenters. The Hall–Kier alpha value is -9.32. The minimum atomic E-state index is -2.38. The van der Waals surface area contributed by atoms with E-state index in [2.05, 4.69) is 37.2 Å². The maximum atomic E-state index is 16.4. The van der Waals surface area contributed by atoms with Crippen LogP contribution < -0.4 is 68.6 Å². The van der Waals surface area contributed by atoms with Gasteiger partial charge < -0.3 is 143 Å². The number of hydrogen-bond donors (Lipinski definition) is 20. The van der Waals surface area contributed by atoms with Crippen molar-refractivity contribution in [2.45, 2.75) is 201 Å². The first-order valence-corrected chi connectivity index (χ1v) is 36.1. The van der Waals surface area contributed by atoms with Gasteiger partial charge in [-0.3, -0.25) is 33.6 Å². The van der Waals surface area contributed by atoms with Crippen LogP contribution in [-0.2, 0) is 62.0 Å². The van der Waals surface area contributed by atoms with E-state index < -0.39 is 261 Å². The topological polar surface area (TPSA) is 575 Å². The van der Waals surface area contributed by atoms with Crippen LogP contribution in [0.15, 0.2) is 78.9 Å². The third kappa shape index (κ3) is 17.7. The second-order valence-electron chi connectivity index (χ2n) is 29.3. The number of benzene rings is 5. The quantitative estimate of drug-likeness (QED) is 0.0672. The van der Waals surface area contributed by atoms with Gasteiger partial charge in [0.2, 0.25) is 53.4 Å². The number of likely N-dealkylation sites (N-methyl/N-ethyl adjacent to an activating group) is 1. The third-order valence-corrected chi connectivity index (χ3v) is 20.7. The van der Waals surface area contributed by atoms with E-state index in [1.807, 2.05) is 13.8 Å². The number of aromatic hydroxyl groups is 3. The van der Waals surface area contributed by atoms with Crippen molar-refractivity contribution < 1.29 is 127 Å². The fourth-order valence-electron chi connectivity index (χ4n) is 14.3. The van der Waals surface area contributed by atoms with E-state index in [4.69, 9.17) is 78.3 Å². The van der Waals surface area contributed by atoms with Crippen LogP contribution in [0.5, 0.6) is 46.0 Å². The number of nitrogens with two attached hydrogens (primary N) is 3. The van der Waals surface area contributed by atoms with Crippen LogP contribution in [0.3, 0.4) is 0 Å². The lowest BCUT2D eigenvalue weighted by Crippen LogP contribution is -2.64. The number of carbonyl (C=O) groups excluding carboxylic acids is 7. The highest BCUT2D eigenvalue weighted by molar-refractivity contribution is 6.32. The number of carboxylic acids is 1. The number of rotatable bonds is 15. The van der Waals surface area contributed by atoms with Crippen LogP contribution in [-0.4, -0.2) is 215 Å². The number of carbonyl (C=O) groups is 8. The summed E-state index contributed by atoms with van der Waals surface area (Å²) >= 11 is 14.5. The average Bonchev–Trinajstić information content (AvgIpc) is 0.763. The van der Waals surface area contributed by atoms with Crippen molar-refractivity contribution in [1.82, 2.24) is 37.2 Å². The first kappa shape index (κ1) is 82.6. The maximum absolute atomic E-state index is 16.4. The van der Waals surface area contributed by atoms with Gasteiger partial charge in [0.05, 0.1) is 53.5 Å². The first-order valence-electron chi connectivity index (χ1n) is 35.3. The zero-order valence-corrected chi connectivity index (χ0v) is 62.2. The molecule has 0 aliphatic carbocycles. The Kier molecular flexibility index (Phi) is 24.7. The molecule has 22 atom stereocenters. The van der Waals surface area contributed by atoms with Crippen LogP contribution in [0.1, 0.15) is 125 Å². The number of phenolic OH excluding ortho intramolecular Hbond substituents is 3. The SMILES string of the molecule is CN[C@H](CC(C)C)C(=O)N[C@H]1C(=O)N[C@@H](CC(N)=O)C(=O)N[C@H]2C(=O)N[C@H]3C(=O)N[C@H](C(=O)N[C@@H](C(=O)O)c4cc(O)cc(O)c4-c4cc3ccc4O)[C@H](O[C@H]3C[C@](C)(N)[C@@H](O)[C@H](C)O3)c3ccc(c(Cl)c3)Oc3cc2cc(c3O[C@@H]2O[C@H](CO)[C@@H](O)[C@H](O)[C@H]2O[C@H]2C[C@](C)(N)[C@@H](O)[C@H](C)O2)Oc2ccc(cc2Cl)[C@H]1O. The van der Waals surface area contributed by atoms with E-state index in [-0.39, 0.29) is 52.6 Å². The highest BCUT2D eigenvalue weighted by Crippen LogP contribution is 2.50. The van der Waals surface area contributed by atoms with E-state index in [1.165, 1.54) is 65.1 Å². The second-order valence-corrected chi connectivity index (χ2v) is 30.1. The standard InChI is InChI=1S/C73H88Cl2N10O26/c1-26(2)14-38(79-7)64(96)84-54-56(91)30-9-12-42(36(74)16-30)106-44-18-32-19-45(60(44)111-71-61(58(93)57(92)46(25-86)108-71)110-49-24-73(6,78)63(95)28(4)105-49)107-43-13-10-31(17-37(43)75)59(109-48-23-72(5,77)62(94)27(3)104-48)55-69(101)83-53(70(102)103)35-20-33(87)21-41(89)50(35)34-15-29(8-11-40(34)88)51(66(98)85-55)82-67(99)52(32)81-65(97)39(22-47(76)90)80-68(54)100/h8-13,15-21,26-28,38-39,46,48-49,51-59,61-63,71,79,86-89,91-95H,14,22-25,77-78H2,1-7H3,(H2,76,90)(H,80,100)(H,81,97)(H,82,99)(H,83,101)(H,84,96)(H,85,98)(H,102,103)/t27-,28-,38+,39-,46+,48-,49-,51+,52+,53+,54+,55-,56+,57+,58-,59+,61+,62-,63-,71-,72-,73-/m0/s1. The zero-order valence-electron chi connectivity index (χ0n) is 60.7. The number of halogens is 2. The number of aliphatic carboxylic acids is 1. The summed E-state index contributed by atoms with van der Waals surface area (Å²) in [7, 11) is 1.47. The Labute approximate surface area is 643 Å². The van der Waals surface area contributed by atoms with Crippen molar-refractivity contribution >= 4 is 70.5 Å². The van der Waals surface area contributed by atoms with Gasteiger partial charge in [-0.05, 0) is 124 Å². The Morgan fingerprint density at radius 1 is 0.658 bits per heavy atom. The molecule has 0 saturated carbocycles. The molecule has 3 saturated heterocycles. The molecule has 11 bridgehead atoms. The molecule has 5 aromatic rings. The molecule has 0 aromatic heterocycles. The predicted octanol–water partition coefficient (Wildman–Crippen LogP) is 0.344. The Morgan fingerprint density at radius 3 is 1.79 bits per heavy atom. The van der Waals surface area contributed by atoms with Crippen molar-refractivity contribution in [3.63, 3.8) is 0 Å². The van der Waals surface area contributed by atoms with Crippen LogP contribution in [0.2, 0.25) is 10.0 Å². The van der Waals surface area contributed by atoms with E-state index in [0.717, 1.165) is 48.5 Å². The summed E-state index contributed by atoms with van der Waals surface area (Å²) in [4.78, 5) is 120. The molecule has 5 aromatic carbocycles. The number of phenols is 3. The summed E-state index contributed by atoms with van der Waals surface area (Å²) in [6, 6.07) is -0.452. The van der Waals surface area contributed by atoms with Crippen LogP contribution >= 0.6 is 23.2 Å². The summed E-state index contributed by atoms with van der Waals surface area (Å²) in [5.41, 5.74) is 13.3. The minimum absolute atomic E-state index is 0.110. The molecular weight excluding hydrogens is 1500 g/mol. The number of fused-ring (bicyclic) bond motifs is 15. The van der Waals surface area contributed by atoms with E-state index >= 15 is 19.2 Å². The lowest BCUT2D eigenvalue weighted by Gasteiger charge is -2.47. The molecule has 0 radical (unpaired) electrons. The predicted molar refractivity (Wildman–Crippen MR) is 386 cm³/mol. The average molecular weight is 1590 g/mol. The number of aliphatic hydroxyl groups excluding tert-OH is 6. The summed E-state index contributed by atoms with van der Waals surface area (Å²) < 4.78 is 51.7. The molecule has 38 heteroatoms. The Bertz CT molecular complexity index is 4420. The molecule has 111 heavy (non-hydrogen) atoms. The van der Waals surface area contributed by atoms with Gasteiger partial charge in [0.25, 0.3) is 0 Å². The molecule has 8 aliphatic heterocycles. The first-order chi connectivity index (χ1) is 52.3. The number of aliphatic hydroxyl groups is 6. The van der Waals surface area contributed by atoms with Crippen molar-refractivity contribution in [2.24, 2.45) is 23.1 Å². The van der Waals surface area contributed by atoms with Gasteiger partial charge in [-0.1, -0.05) is 55.2 Å².